The zero-order valence-corrected chi connectivity index (χ0v) is 6.94. The zero-order chi connectivity index (χ0) is 9.10. The third kappa shape index (κ3) is 2.12. The van der Waals surface area contributed by atoms with Gasteiger partial charge in [0.05, 0.1) is 25.6 Å². The van der Waals surface area contributed by atoms with Crippen LogP contribution in [0.4, 0.5) is 4.39 Å². The SMILES string of the molecule is Fc1cnc(OC2CCOC2)nc1. The van der Waals surface area contributed by atoms with Crippen molar-refractivity contribution in [3.8, 4) is 6.01 Å². The third-order valence-electron chi connectivity index (χ3n) is 1.76. The second-order valence-corrected chi connectivity index (χ2v) is 2.79. The van der Waals surface area contributed by atoms with E-state index in [-0.39, 0.29) is 12.1 Å². The predicted molar refractivity (Wildman–Crippen MR) is 41.8 cm³/mol. The Bertz CT molecular complexity index is 272. The Balaban J connectivity index is 1.97. The van der Waals surface area contributed by atoms with Crippen LogP contribution in [0.5, 0.6) is 6.01 Å². The second kappa shape index (κ2) is 3.66. The summed E-state index contributed by atoms with van der Waals surface area (Å²) in [7, 11) is 0. The highest BCUT2D eigenvalue weighted by Gasteiger charge is 2.17. The van der Waals surface area contributed by atoms with Gasteiger partial charge in [-0.25, -0.2) is 14.4 Å². The fourth-order valence-corrected chi connectivity index (χ4v) is 1.12. The summed E-state index contributed by atoms with van der Waals surface area (Å²) in [5, 5.41) is 0. The Labute approximate surface area is 74.7 Å². The summed E-state index contributed by atoms with van der Waals surface area (Å²) in [5.41, 5.74) is 0. The van der Waals surface area contributed by atoms with Crippen LogP contribution in [0.15, 0.2) is 12.4 Å². The van der Waals surface area contributed by atoms with E-state index in [1.54, 1.807) is 0 Å². The molecule has 13 heavy (non-hydrogen) atoms. The van der Waals surface area contributed by atoms with Crippen LogP contribution >= 0.6 is 0 Å². The molecule has 1 aromatic rings. The van der Waals surface area contributed by atoms with E-state index in [0.717, 1.165) is 18.8 Å². The van der Waals surface area contributed by atoms with Crippen molar-refractivity contribution in [2.24, 2.45) is 0 Å². The lowest BCUT2D eigenvalue weighted by molar-refractivity contribution is 0.134. The first-order chi connectivity index (χ1) is 6.34. The molecule has 2 heterocycles. The third-order valence-corrected chi connectivity index (χ3v) is 1.76. The van der Waals surface area contributed by atoms with Crippen LogP contribution in [0.3, 0.4) is 0 Å². The monoisotopic (exact) mass is 184 g/mol. The molecule has 0 spiro atoms. The van der Waals surface area contributed by atoms with E-state index in [9.17, 15) is 4.39 Å². The quantitative estimate of drug-likeness (QED) is 0.681. The summed E-state index contributed by atoms with van der Waals surface area (Å²) in [4.78, 5) is 7.36. The Morgan fingerprint density at radius 3 is 2.85 bits per heavy atom. The average Bonchev–Trinajstić information content (AvgIpc) is 2.62. The van der Waals surface area contributed by atoms with Gasteiger partial charge >= 0.3 is 6.01 Å². The first-order valence-electron chi connectivity index (χ1n) is 4.06. The normalized spacial score (nSPS) is 21.8. The molecule has 70 valence electrons. The Morgan fingerprint density at radius 1 is 1.46 bits per heavy atom. The molecule has 0 aromatic carbocycles. The van der Waals surface area contributed by atoms with E-state index in [0.29, 0.717) is 13.2 Å². The van der Waals surface area contributed by atoms with Crippen molar-refractivity contribution in [3.63, 3.8) is 0 Å². The second-order valence-electron chi connectivity index (χ2n) is 2.79. The van der Waals surface area contributed by atoms with Gasteiger partial charge in [0.2, 0.25) is 0 Å². The van der Waals surface area contributed by atoms with E-state index in [2.05, 4.69) is 9.97 Å². The van der Waals surface area contributed by atoms with Gasteiger partial charge in [0.25, 0.3) is 0 Å². The predicted octanol–water partition coefficient (Wildman–Crippen LogP) is 0.783. The number of rotatable bonds is 2. The van der Waals surface area contributed by atoms with Crippen molar-refractivity contribution in [3.05, 3.63) is 18.2 Å². The number of hydrogen-bond acceptors (Lipinski definition) is 4. The first kappa shape index (κ1) is 8.37. The molecular formula is C8H9FN2O2. The van der Waals surface area contributed by atoms with Crippen LogP contribution < -0.4 is 4.74 Å². The molecule has 0 amide bonds. The van der Waals surface area contributed by atoms with Gasteiger partial charge < -0.3 is 9.47 Å². The minimum atomic E-state index is -0.463. The number of hydrogen-bond donors (Lipinski definition) is 0. The summed E-state index contributed by atoms with van der Waals surface area (Å²) in [6.45, 7) is 1.26. The maximum Gasteiger partial charge on any atom is 0.316 e. The molecule has 0 saturated carbocycles. The smallest absolute Gasteiger partial charge is 0.316 e. The van der Waals surface area contributed by atoms with Crippen molar-refractivity contribution >= 4 is 0 Å². The summed E-state index contributed by atoms with van der Waals surface area (Å²) in [5.74, 6) is -0.463. The molecule has 1 unspecified atom stereocenters. The van der Waals surface area contributed by atoms with Crippen LogP contribution in [0, 0.1) is 5.82 Å². The molecule has 0 radical (unpaired) electrons. The summed E-state index contributed by atoms with van der Waals surface area (Å²) in [6, 6.07) is 0.205. The van der Waals surface area contributed by atoms with Crippen molar-refractivity contribution in [2.45, 2.75) is 12.5 Å². The van der Waals surface area contributed by atoms with Gasteiger partial charge in [-0.15, -0.1) is 0 Å². The minimum absolute atomic E-state index is 0.00506. The first-order valence-corrected chi connectivity index (χ1v) is 4.06. The summed E-state index contributed by atoms with van der Waals surface area (Å²) >= 11 is 0. The Kier molecular flexibility index (Phi) is 2.35. The Morgan fingerprint density at radius 2 is 2.23 bits per heavy atom. The molecule has 1 aromatic heterocycles. The Hall–Kier alpha value is -1.23. The van der Waals surface area contributed by atoms with Gasteiger partial charge in [0.15, 0.2) is 5.82 Å². The molecule has 2 rings (SSSR count). The van der Waals surface area contributed by atoms with Crippen LogP contribution in [0.25, 0.3) is 0 Å². The van der Waals surface area contributed by atoms with Crippen LogP contribution in [-0.2, 0) is 4.74 Å². The molecule has 1 atom stereocenters. The molecule has 1 aliphatic heterocycles. The number of ether oxygens (including phenoxy) is 2. The highest BCUT2D eigenvalue weighted by atomic mass is 19.1. The largest absolute Gasteiger partial charge is 0.458 e. The highest BCUT2D eigenvalue weighted by Crippen LogP contribution is 2.11. The van der Waals surface area contributed by atoms with Crippen LogP contribution in [-0.4, -0.2) is 29.3 Å². The lowest BCUT2D eigenvalue weighted by atomic mass is 10.3. The zero-order valence-electron chi connectivity index (χ0n) is 6.94. The molecule has 0 N–H and O–H groups in total. The summed E-state index contributed by atoms with van der Waals surface area (Å²) in [6.07, 6.45) is 3.00. The topological polar surface area (TPSA) is 44.2 Å². The van der Waals surface area contributed by atoms with E-state index in [4.69, 9.17) is 9.47 Å². The van der Waals surface area contributed by atoms with Gasteiger partial charge in [-0.05, 0) is 0 Å². The average molecular weight is 184 g/mol. The van der Waals surface area contributed by atoms with Gasteiger partial charge in [-0.3, -0.25) is 0 Å². The number of halogens is 1. The molecule has 1 saturated heterocycles. The maximum atomic E-state index is 12.4. The molecule has 5 heteroatoms. The van der Waals surface area contributed by atoms with Crippen LogP contribution in [0.2, 0.25) is 0 Å². The van der Waals surface area contributed by atoms with Crippen molar-refractivity contribution in [1.29, 1.82) is 0 Å². The van der Waals surface area contributed by atoms with E-state index >= 15 is 0 Å². The van der Waals surface area contributed by atoms with E-state index < -0.39 is 5.82 Å². The molecular weight excluding hydrogens is 175 g/mol. The van der Waals surface area contributed by atoms with Gasteiger partial charge in [0.1, 0.15) is 6.10 Å². The fourth-order valence-electron chi connectivity index (χ4n) is 1.12. The lowest BCUT2D eigenvalue weighted by Crippen LogP contribution is -2.17. The molecule has 1 fully saturated rings. The van der Waals surface area contributed by atoms with Crippen molar-refractivity contribution < 1.29 is 13.9 Å². The van der Waals surface area contributed by atoms with E-state index in [1.165, 1.54) is 0 Å². The van der Waals surface area contributed by atoms with Gasteiger partial charge in [-0.1, -0.05) is 0 Å². The lowest BCUT2D eigenvalue weighted by Gasteiger charge is -2.08. The van der Waals surface area contributed by atoms with Crippen molar-refractivity contribution in [1.82, 2.24) is 9.97 Å². The number of aromatic nitrogens is 2. The van der Waals surface area contributed by atoms with Gasteiger partial charge in [-0.2, -0.15) is 0 Å². The molecule has 0 aliphatic carbocycles. The van der Waals surface area contributed by atoms with Crippen LogP contribution in [0.1, 0.15) is 6.42 Å². The molecule has 0 bridgehead atoms. The number of nitrogens with zero attached hydrogens (tertiary/aromatic N) is 2. The minimum Gasteiger partial charge on any atom is -0.458 e. The van der Waals surface area contributed by atoms with E-state index in [1.807, 2.05) is 0 Å². The standard InChI is InChI=1S/C8H9FN2O2/c9-6-3-10-8(11-4-6)13-7-1-2-12-5-7/h3-4,7H,1-2,5H2. The van der Waals surface area contributed by atoms with Gasteiger partial charge in [0, 0.05) is 6.42 Å². The molecule has 1 aliphatic rings. The van der Waals surface area contributed by atoms with Crippen molar-refractivity contribution in [2.75, 3.05) is 13.2 Å². The molecule has 4 nitrogen and oxygen atoms in total. The summed E-state index contributed by atoms with van der Waals surface area (Å²) < 4.78 is 22.8. The maximum absolute atomic E-state index is 12.4. The fraction of sp³-hybridized carbons (Fsp3) is 0.500. The highest BCUT2D eigenvalue weighted by molar-refractivity contribution is 4.96.